The van der Waals surface area contributed by atoms with Crippen molar-refractivity contribution in [2.45, 2.75) is 18.9 Å². The highest BCUT2D eigenvalue weighted by Crippen LogP contribution is 2.25. The second kappa shape index (κ2) is 4.23. The van der Waals surface area contributed by atoms with Crippen LogP contribution < -0.4 is 0 Å². The Labute approximate surface area is 103 Å². The zero-order valence-electron chi connectivity index (χ0n) is 9.28. The summed E-state index contributed by atoms with van der Waals surface area (Å²) >= 11 is 5.31. The number of nitrogens with one attached hydrogen (secondary N) is 1. The number of nitrogens with zero attached hydrogens (tertiary/aromatic N) is 1. The summed E-state index contributed by atoms with van der Waals surface area (Å²) in [6.45, 7) is 1.46. The topological polar surface area (TPSA) is 29.9 Å². The van der Waals surface area contributed by atoms with Gasteiger partial charge in [-0.1, -0.05) is 0 Å². The van der Waals surface area contributed by atoms with Crippen LogP contribution in [0.15, 0.2) is 18.2 Å². The van der Waals surface area contributed by atoms with E-state index in [1.807, 2.05) is 4.57 Å². The maximum Gasteiger partial charge on any atom is 0.178 e. The molecule has 17 heavy (non-hydrogen) atoms. The molecule has 1 atom stereocenters. The molecule has 3 rings (SSSR count). The van der Waals surface area contributed by atoms with Crippen molar-refractivity contribution in [3.63, 3.8) is 0 Å². The number of hydrogen-bond acceptors (Lipinski definition) is 2. The number of rotatable bonds is 1. The molecular formula is C12H13FN2OS. The van der Waals surface area contributed by atoms with Gasteiger partial charge in [0.15, 0.2) is 4.77 Å². The highest BCUT2D eigenvalue weighted by molar-refractivity contribution is 7.71. The monoisotopic (exact) mass is 252 g/mol. The maximum atomic E-state index is 13.3. The van der Waals surface area contributed by atoms with Crippen LogP contribution in [-0.4, -0.2) is 22.8 Å². The van der Waals surface area contributed by atoms with Crippen LogP contribution in [-0.2, 0) is 4.74 Å². The molecule has 5 heteroatoms. The fourth-order valence-electron chi connectivity index (χ4n) is 2.38. The number of hydrogen-bond donors (Lipinski definition) is 1. The Hall–Kier alpha value is -1.20. The Morgan fingerprint density at radius 1 is 1.47 bits per heavy atom. The molecule has 0 radical (unpaired) electrons. The first-order valence-corrected chi connectivity index (χ1v) is 6.14. The molecule has 0 bridgehead atoms. The molecule has 1 saturated heterocycles. The number of ether oxygens (including phenoxy) is 1. The summed E-state index contributed by atoms with van der Waals surface area (Å²) in [5, 5.41) is 0. The number of H-pyrrole nitrogens is 1. The molecule has 1 fully saturated rings. The first-order valence-electron chi connectivity index (χ1n) is 5.73. The fraction of sp³-hybridized carbons (Fsp3) is 0.417. The quantitative estimate of drug-likeness (QED) is 0.790. The molecule has 0 aliphatic carbocycles. The normalized spacial score (nSPS) is 20.9. The van der Waals surface area contributed by atoms with E-state index in [1.165, 1.54) is 12.1 Å². The molecule has 3 nitrogen and oxygen atoms in total. The van der Waals surface area contributed by atoms with Gasteiger partial charge in [0.25, 0.3) is 0 Å². The Bertz CT molecular complexity index is 598. The molecule has 1 aliphatic rings. The number of halogens is 1. The number of aromatic amines is 1. The van der Waals surface area contributed by atoms with Crippen LogP contribution in [0.25, 0.3) is 11.0 Å². The van der Waals surface area contributed by atoms with Crippen LogP contribution >= 0.6 is 12.2 Å². The molecule has 1 aliphatic heterocycles. The van der Waals surface area contributed by atoms with Gasteiger partial charge in [0.05, 0.1) is 23.7 Å². The summed E-state index contributed by atoms with van der Waals surface area (Å²) in [6, 6.07) is 4.90. The second-order valence-corrected chi connectivity index (χ2v) is 4.72. The van der Waals surface area contributed by atoms with Gasteiger partial charge < -0.3 is 14.3 Å². The van der Waals surface area contributed by atoms with Crippen molar-refractivity contribution in [1.29, 1.82) is 0 Å². The summed E-state index contributed by atoms with van der Waals surface area (Å²) in [6.07, 6.45) is 2.05. The van der Waals surface area contributed by atoms with Crippen molar-refractivity contribution in [3.05, 3.63) is 28.8 Å². The molecule has 1 aromatic heterocycles. The molecule has 1 N–H and O–H groups in total. The lowest BCUT2D eigenvalue weighted by Gasteiger charge is -2.23. The zero-order chi connectivity index (χ0) is 11.8. The van der Waals surface area contributed by atoms with Crippen LogP contribution in [0.4, 0.5) is 4.39 Å². The molecule has 1 aromatic carbocycles. The van der Waals surface area contributed by atoms with Gasteiger partial charge in [-0.15, -0.1) is 0 Å². The largest absolute Gasteiger partial charge is 0.379 e. The molecule has 0 amide bonds. The third-order valence-electron chi connectivity index (χ3n) is 3.18. The average Bonchev–Trinajstić information content (AvgIpc) is 2.65. The zero-order valence-corrected chi connectivity index (χ0v) is 10.1. The van der Waals surface area contributed by atoms with Crippen LogP contribution in [0, 0.1) is 10.6 Å². The fourth-order valence-corrected chi connectivity index (χ4v) is 2.74. The third kappa shape index (κ3) is 1.89. The van der Waals surface area contributed by atoms with E-state index in [4.69, 9.17) is 17.0 Å². The highest BCUT2D eigenvalue weighted by Gasteiger charge is 2.19. The summed E-state index contributed by atoms with van der Waals surface area (Å²) < 4.78 is 21.4. The lowest BCUT2D eigenvalue weighted by molar-refractivity contribution is 0.0600. The molecule has 90 valence electrons. The average molecular weight is 252 g/mol. The van der Waals surface area contributed by atoms with Gasteiger partial charge in [-0.3, -0.25) is 0 Å². The highest BCUT2D eigenvalue weighted by atomic mass is 32.1. The Morgan fingerprint density at radius 2 is 2.35 bits per heavy atom. The summed E-state index contributed by atoms with van der Waals surface area (Å²) in [4.78, 5) is 3.11. The maximum absolute atomic E-state index is 13.3. The van der Waals surface area contributed by atoms with E-state index in [-0.39, 0.29) is 11.9 Å². The van der Waals surface area contributed by atoms with Crippen molar-refractivity contribution in [2.24, 2.45) is 0 Å². The summed E-state index contributed by atoms with van der Waals surface area (Å²) in [5.41, 5.74) is 1.70. The summed E-state index contributed by atoms with van der Waals surface area (Å²) in [5.74, 6) is -0.239. The van der Waals surface area contributed by atoms with Gasteiger partial charge in [-0.05, 0) is 43.3 Å². The minimum absolute atomic E-state index is 0.215. The number of fused-ring (bicyclic) bond motifs is 1. The van der Waals surface area contributed by atoms with Gasteiger partial charge in [-0.2, -0.15) is 0 Å². The SMILES string of the molecule is Fc1ccc2[nH]c(=S)n(C3CCCOC3)c2c1. The van der Waals surface area contributed by atoms with Gasteiger partial charge in [-0.25, -0.2) is 4.39 Å². The van der Waals surface area contributed by atoms with Crippen molar-refractivity contribution in [2.75, 3.05) is 13.2 Å². The predicted molar refractivity (Wildman–Crippen MR) is 66.2 cm³/mol. The smallest absolute Gasteiger partial charge is 0.178 e. The van der Waals surface area contributed by atoms with E-state index in [9.17, 15) is 4.39 Å². The van der Waals surface area contributed by atoms with E-state index in [0.29, 0.717) is 11.4 Å². The molecule has 1 unspecified atom stereocenters. The van der Waals surface area contributed by atoms with Gasteiger partial charge in [0.1, 0.15) is 5.82 Å². The Morgan fingerprint density at radius 3 is 3.12 bits per heavy atom. The summed E-state index contributed by atoms with van der Waals surface area (Å²) in [7, 11) is 0. The van der Waals surface area contributed by atoms with E-state index >= 15 is 0 Å². The molecular weight excluding hydrogens is 239 g/mol. The van der Waals surface area contributed by atoms with Crippen molar-refractivity contribution >= 4 is 23.3 Å². The number of benzene rings is 1. The van der Waals surface area contributed by atoms with E-state index < -0.39 is 0 Å². The van der Waals surface area contributed by atoms with Crippen LogP contribution in [0.5, 0.6) is 0 Å². The third-order valence-corrected chi connectivity index (χ3v) is 3.48. The predicted octanol–water partition coefficient (Wildman–Crippen LogP) is 3.19. The van der Waals surface area contributed by atoms with Crippen LogP contribution in [0.2, 0.25) is 0 Å². The minimum atomic E-state index is -0.239. The first kappa shape index (κ1) is 10.9. The van der Waals surface area contributed by atoms with Crippen molar-refractivity contribution < 1.29 is 9.13 Å². The molecule has 0 saturated carbocycles. The Kier molecular flexibility index (Phi) is 2.72. The van der Waals surface area contributed by atoms with E-state index in [2.05, 4.69) is 4.98 Å². The molecule has 0 spiro atoms. The Balaban J connectivity index is 2.16. The standard InChI is InChI=1S/C12H13FN2OS/c13-8-3-4-10-11(6-8)15(12(17)14-10)9-2-1-5-16-7-9/h3-4,6,9H,1-2,5,7H2,(H,14,17). The van der Waals surface area contributed by atoms with Gasteiger partial charge in [0, 0.05) is 6.61 Å². The lowest BCUT2D eigenvalue weighted by Crippen LogP contribution is -2.21. The van der Waals surface area contributed by atoms with Gasteiger partial charge in [0.2, 0.25) is 0 Å². The van der Waals surface area contributed by atoms with Gasteiger partial charge >= 0.3 is 0 Å². The number of aromatic nitrogens is 2. The van der Waals surface area contributed by atoms with Crippen LogP contribution in [0.1, 0.15) is 18.9 Å². The van der Waals surface area contributed by atoms with Crippen molar-refractivity contribution in [3.8, 4) is 0 Å². The first-order chi connectivity index (χ1) is 8.25. The molecule has 2 aromatic rings. The van der Waals surface area contributed by atoms with E-state index in [1.54, 1.807) is 6.07 Å². The lowest BCUT2D eigenvalue weighted by atomic mass is 10.1. The van der Waals surface area contributed by atoms with Crippen molar-refractivity contribution in [1.82, 2.24) is 9.55 Å². The number of imidazole rings is 1. The van der Waals surface area contributed by atoms with E-state index in [0.717, 1.165) is 30.5 Å². The minimum Gasteiger partial charge on any atom is -0.379 e. The second-order valence-electron chi connectivity index (χ2n) is 4.33. The van der Waals surface area contributed by atoms with Crippen LogP contribution in [0.3, 0.4) is 0 Å². The molecule has 2 heterocycles.